The zero-order chi connectivity index (χ0) is 29.3. The number of ether oxygens (including phenoxy) is 1. The van der Waals surface area contributed by atoms with E-state index in [1.807, 2.05) is 44.2 Å². The third kappa shape index (κ3) is 8.81. The number of anilines is 1. The minimum absolute atomic E-state index is 0.0219. The molecule has 8 nitrogen and oxygen atoms in total. The Hall–Kier alpha value is -3.92. The number of methoxy groups -OCH3 is 1. The molecule has 3 aromatic carbocycles. The second kappa shape index (κ2) is 13.9. The van der Waals surface area contributed by atoms with Gasteiger partial charge in [-0.2, -0.15) is 0 Å². The minimum Gasteiger partial charge on any atom is -0.497 e. The van der Waals surface area contributed by atoms with E-state index >= 15 is 0 Å². The molecule has 0 fully saturated rings. The maximum absolute atomic E-state index is 14.0. The molecule has 0 saturated heterocycles. The molecule has 214 valence electrons. The van der Waals surface area contributed by atoms with E-state index in [0.717, 1.165) is 16.1 Å². The molecule has 0 saturated carbocycles. The van der Waals surface area contributed by atoms with Gasteiger partial charge in [0.2, 0.25) is 21.8 Å². The Bertz CT molecular complexity index is 1360. The van der Waals surface area contributed by atoms with Gasteiger partial charge in [0.05, 0.1) is 19.1 Å². The molecule has 1 N–H and O–H groups in total. The van der Waals surface area contributed by atoms with Crippen LogP contribution in [0.15, 0.2) is 78.9 Å². The molecular weight excluding hydrogens is 533 g/mol. The molecular formula is C30H36FN3O5S. The summed E-state index contributed by atoms with van der Waals surface area (Å²) < 4.78 is 45.4. The van der Waals surface area contributed by atoms with Crippen molar-refractivity contribution in [1.82, 2.24) is 10.2 Å². The molecule has 40 heavy (non-hydrogen) atoms. The summed E-state index contributed by atoms with van der Waals surface area (Å²) in [5.74, 6) is -0.654. The summed E-state index contributed by atoms with van der Waals surface area (Å²) in [4.78, 5) is 28.9. The van der Waals surface area contributed by atoms with E-state index in [-0.39, 0.29) is 30.5 Å². The van der Waals surface area contributed by atoms with E-state index in [0.29, 0.717) is 17.9 Å². The van der Waals surface area contributed by atoms with Gasteiger partial charge in [0.1, 0.15) is 24.2 Å². The maximum atomic E-state index is 14.0. The summed E-state index contributed by atoms with van der Waals surface area (Å²) in [6.07, 6.45) is 1.23. The molecule has 0 aliphatic carbocycles. The Balaban J connectivity index is 2.03. The highest BCUT2D eigenvalue weighted by molar-refractivity contribution is 7.92. The molecule has 0 radical (unpaired) electrons. The molecule has 0 aromatic heterocycles. The number of hydrogen-bond acceptors (Lipinski definition) is 5. The number of carbonyl (C=O) groups is 2. The average Bonchev–Trinajstić information content (AvgIpc) is 2.93. The number of halogens is 1. The van der Waals surface area contributed by atoms with E-state index in [4.69, 9.17) is 4.74 Å². The second-order valence-electron chi connectivity index (χ2n) is 9.96. The van der Waals surface area contributed by atoms with E-state index in [1.54, 1.807) is 36.4 Å². The van der Waals surface area contributed by atoms with Gasteiger partial charge < -0.3 is 15.0 Å². The number of benzene rings is 3. The molecule has 0 unspecified atom stereocenters. The van der Waals surface area contributed by atoms with Crippen LogP contribution >= 0.6 is 0 Å². The number of carbonyl (C=O) groups excluding carboxylic acids is 2. The van der Waals surface area contributed by atoms with Crippen LogP contribution in [0.3, 0.4) is 0 Å². The average molecular weight is 570 g/mol. The van der Waals surface area contributed by atoms with Crippen molar-refractivity contribution in [2.24, 2.45) is 5.92 Å². The monoisotopic (exact) mass is 569 g/mol. The fourth-order valence-corrected chi connectivity index (χ4v) is 4.97. The first-order valence-corrected chi connectivity index (χ1v) is 14.8. The van der Waals surface area contributed by atoms with Gasteiger partial charge in [-0.25, -0.2) is 12.8 Å². The van der Waals surface area contributed by atoms with Crippen LogP contribution in [0.2, 0.25) is 0 Å². The molecule has 0 aliphatic rings. The smallest absolute Gasteiger partial charge is 0.244 e. The lowest BCUT2D eigenvalue weighted by Crippen LogP contribution is -2.53. The van der Waals surface area contributed by atoms with Gasteiger partial charge in [0, 0.05) is 19.5 Å². The quantitative estimate of drug-likeness (QED) is 0.336. The third-order valence-electron chi connectivity index (χ3n) is 6.26. The second-order valence-corrected chi connectivity index (χ2v) is 11.9. The predicted molar refractivity (Wildman–Crippen MR) is 154 cm³/mol. The molecule has 2 amide bonds. The van der Waals surface area contributed by atoms with Crippen LogP contribution in [0.25, 0.3) is 0 Å². The van der Waals surface area contributed by atoms with Gasteiger partial charge in [0.15, 0.2) is 0 Å². The number of nitrogens with one attached hydrogen (secondary N) is 1. The van der Waals surface area contributed by atoms with Crippen LogP contribution in [0, 0.1) is 11.7 Å². The van der Waals surface area contributed by atoms with Crippen molar-refractivity contribution in [3.8, 4) is 5.75 Å². The van der Waals surface area contributed by atoms with Crippen LogP contribution in [0.1, 0.15) is 25.0 Å². The summed E-state index contributed by atoms with van der Waals surface area (Å²) in [6, 6.07) is 20.3. The Labute approximate surface area is 235 Å². The van der Waals surface area contributed by atoms with Crippen LogP contribution in [0.5, 0.6) is 5.75 Å². The molecule has 3 rings (SSSR count). The van der Waals surface area contributed by atoms with Gasteiger partial charge in [-0.15, -0.1) is 0 Å². The lowest BCUT2D eigenvalue weighted by molar-refractivity contribution is -0.140. The van der Waals surface area contributed by atoms with E-state index in [1.165, 1.54) is 24.1 Å². The highest BCUT2D eigenvalue weighted by atomic mass is 32.2. The minimum atomic E-state index is -3.88. The van der Waals surface area contributed by atoms with E-state index < -0.39 is 34.3 Å². The van der Waals surface area contributed by atoms with Crippen molar-refractivity contribution in [2.75, 3.05) is 30.8 Å². The van der Waals surface area contributed by atoms with Crippen LogP contribution in [-0.4, -0.2) is 57.6 Å². The van der Waals surface area contributed by atoms with E-state index in [9.17, 15) is 22.4 Å². The molecule has 1 atom stereocenters. The predicted octanol–water partition coefficient (Wildman–Crippen LogP) is 4.01. The van der Waals surface area contributed by atoms with Crippen molar-refractivity contribution in [3.05, 3.63) is 95.8 Å². The van der Waals surface area contributed by atoms with Crippen molar-refractivity contribution in [2.45, 2.75) is 32.9 Å². The number of nitrogens with zero attached hydrogens (tertiary/aromatic N) is 2. The van der Waals surface area contributed by atoms with Gasteiger partial charge >= 0.3 is 0 Å². The number of hydrogen-bond donors (Lipinski definition) is 1. The zero-order valence-corrected chi connectivity index (χ0v) is 24.0. The first-order valence-electron chi connectivity index (χ1n) is 12.9. The van der Waals surface area contributed by atoms with Gasteiger partial charge in [-0.1, -0.05) is 56.3 Å². The number of amides is 2. The Morgan fingerprint density at radius 3 is 2.10 bits per heavy atom. The Morgan fingerprint density at radius 2 is 1.55 bits per heavy atom. The highest BCUT2D eigenvalue weighted by Gasteiger charge is 2.33. The van der Waals surface area contributed by atoms with Gasteiger partial charge in [-0.05, 0) is 53.4 Å². The fourth-order valence-electron chi connectivity index (χ4n) is 4.13. The van der Waals surface area contributed by atoms with Crippen molar-refractivity contribution < 1.29 is 27.1 Å². The van der Waals surface area contributed by atoms with Crippen molar-refractivity contribution in [3.63, 3.8) is 0 Å². The van der Waals surface area contributed by atoms with Gasteiger partial charge in [0.25, 0.3) is 0 Å². The maximum Gasteiger partial charge on any atom is 0.244 e. The fraction of sp³-hybridized carbons (Fsp3) is 0.333. The topological polar surface area (TPSA) is 96.0 Å². The normalized spacial score (nSPS) is 12.1. The number of rotatable bonds is 13. The van der Waals surface area contributed by atoms with Gasteiger partial charge in [-0.3, -0.25) is 13.9 Å². The van der Waals surface area contributed by atoms with Crippen molar-refractivity contribution >= 4 is 27.5 Å². The lowest BCUT2D eigenvalue weighted by Gasteiger charge is -2.33. The van der Waals surface area contributed by atoms with E-state index in [2.05, 4.69) is 5.32 Å². The third-order valence-corrected chi connectivity index (χ3v) is 7.40. The molecule has 10 heteroatoms. The van der Waals surface area contributed by atoms with Crippen molar-refractivity contribution in [1.29, 1.82) is 0 Å². The SMILES string of the molecule is COc1ccc(N(CC(=O)N(Cc2ccc(F)cc2)[C@@H](Cc2ccccc2)C(=O)NCC(C)C)S(C)(=O)=O)cc1. The summed E-state index contributed by atoms with van der Waals surface area (Å²) in [6.45, 7) is 3.78. The summed E-state index contributed by atoms with van der Waals surface area (Å²) in [7, 11) is -2.38. The van der Waals surface area contributed by atoms with Crippen LogP contribution in [0.4, 0.5) is 10.1 Å². The zero-order valence-electron chi connectivity index (χ0n) is 23.2. The van der Waals surface area contributed by atoms with Crippen LogP contribution in [-0.2, 0) is 32.6 Å². The first kappa shape index (κ1) is 30.6. The summed E-state index contributed by atoms with van der Waals surface area (Å²) in [5, 5.41) is 2.92. The molecule has 0 aliphatic heterocycles. The summed E-state index contributed by atoms with van der Waals surface area (Å²) >= 11 is 0. The molecule has 0 heterocycles. The Morgan fingerprint density at radius 1 is 0.925 bits per heavy atom. The largest absolute Gasteiger partial charge is 0.497 e. The lowest BCUT2D eigenvalue weighted by atomic mass is 10.0. The highest BCUT2D eigenvalue weighted by Crippen LogP contribution is 2.23. The Kier molecular flexibility index (Phi) is 10.7. The standard InChI is InChI=1S/C30H36FN3O5S/c1-22(2)19-32-30(36)28(18-23-8-6-5-7-9-23)33(20-24-10-12-25(31)13-11-24)29(35)21-34(40(4,37)38)26-14-16-27(39-3)17-15-26/h5-17,22,28H,18-21H2,1-4H3,(H,32,36)/t28-/m0/s1. The molecule has 0 spiro atoms. The number of sulfonamides is 1. The van der Waals surface area contributed by atoms with Crippen LogP contribution < -0.4 is 14.4 Å². The molecule has 0 bridgehead atoms. The first-order chi connectivity index (χ1) is 19.0. The summed E-state index contributed by atoms with van der Waals surface area (Å²) in [5.41, 5.74) is 1.71. The molecule has 3 aromatic rings.